The predicted octanol–water partition coefficient (Wildman–Crippen LogP) is 3.37. The van der Waals surface area contributed by atoms with Gasteiger partial charge in [0.15, 0.2) is 17.6 Å². The van der Waals surface area contributed by atoms with Crippen LogP contribution in [-0.4, -0.2) is 27.8 Å². The zero-order chi connectivity index (χ0) is 17.7. The number of alkyl halides is 3. The van der Waals surface area contributed by atoms with Crippen molar-refractivity contribution < 1.29 is 22.8 Å². The Morgan fingerprint density at radius 2 is 1.96 bits per heavy atom. The fraction of sp³-hybridized carbons (Fsp3) is 0.625. The van der Waals surface area contributed by atoms with Gasteiger partial charge >= 0.3 is 6.18 Å². The molecule has 5 nitrogen and oxygen atoms in total. The van der Waals surface area contributed by atoms with E-state index in [1.54, 1.807) is 0 Å². The number of Topliss-reactive ketones (excluding diaryl/α,β-unsaturated/α-hetero) is 1. The van der Waals surface area contributed by atoms with Crippen LogP contribution in [-0.2, 0) is 4.79 Å². The SMILES string of the molecule is CC(=O)NC(c1ccnc(C(=O)CC2CCCCC2)n1)C(F)(F)F. The molecule has 1 N–H and O–H groups in total. The number of aromatic nitrogens is 2. The maximum atomic E-state index is 13.1. The van der Waals surface area contributed by atoms with Gasteiger partial charge in [-0.1, -0.05) is 32.1 Å². The first-order chi connectivity index (χ1) is 11.3. The molecule has 1 unspecified atom stereocenters. The van der Waals surface area contributed by atoms with Gasteiger partial charge in [0.2, 0.25) is 5.91 Å². The summed E-state index contributed by atoms with van der Waals surface area (Å²) in [6.45, 7) is 0.995. The van der Waals surface area contributed by atoms with Crippen LogP contribution < -0.4 is 5.32 Å². The van der Waals surface area contributed by atoms with Crippen molar-refractivity contribution in [3.8, 4) is 0 Å². The average molecular weight is 343 g/mol. The van der Waals surface area contributed by atoms with Gasteiger partial charge in [0, 0.05) is 19.5 Å². The molecule has 24 heavy (non-hydrogen) atoms. The Labute approximate surface area is 138 Å². The van der Waals surface area contributed by atoms with Crippen LogP contribution in [0.1, 0.15) is 67.8 Å². The lowest BCUT2D eigenvalue weighted by Crippen LogP contribution is -2.37. The topological polar surface area (TPSA) is 72.0 Å². The van der Waals surface area contributed by atoms with E-state index in [1.165, 1.54) is 0 Å². The molecule has 1 aromatic rings. The highest BCUT2D eigenvalue weighted by Crippen LogP contribution is 2.32. The second-order valence-corrected chi connectivity index (χ2v) is 6.11. The van der Waals surface area contributed by atoms with Crippen molar-refractivity contribution in [1.29, 1.82) is 0 Å². The Morgan fingerprint density at radius 3 is 2.54 bits per heavy atom. The molecule has 1 aromatic heterocycles. The second-order valence-electron chi connectivity index (χ2n) is 6.11. The van der Waals surface area contributed by atoms with Crippen LogP contribution >= 0.6 is 0 Å². The van der Waals surface area contributed by atoms with Gasteiger partial charge in [-0.3, -0.25) is 9.59 Å². The minimum Gasteiger partial charge on any atom is -0.340 e. The quantitative estimate of drug-likeness (QED) is 0.832. The lowest BCUT2D eigenvalue weighted by atomic mass is 9.86. The molecule has 1 saturated carbocycles. The maximum absolute atomic E-state index is 13.1. The van der Waals surface area contributed by atoms with Crippen LogP contribution in [0.5, 0.6) is 0 Å². The van der Waals surface area contributed by atoms with Gasteiger partial charge in [0.25, 0.3) is 0 Å². The number of rotatable bonds is 5. The summed E-state index contributed by atoms with van der Waals surface area (Å²) in [5.41, 5.74) is -0.431. The summed E-state index contributed by atoms with van der Waals surface area (Å²) in [5.74, 6) is -1.16. The van der Waals surface area contributed by atoms with Gasteiger partial charge in [0.05, 0.1) is 5.69 Å². The van der Waals surface area contributed by atoms with Crippen molar-refractivity contribution in [2.75, 3.05) is 0 Å². The molecule has 0 aliphatic heterocycles. The van der Waals surface area contributed by atoms with E-state index in [0.717, 1.165) is 51.3 Å². The van der Waals surface area contributed by atoms with E-state index in [2.05, 4.69) is 9.97 Å². The highest BCUT2D eigenvalue weighted by atomic mass is 19.4. The molecule has 1 aliphatic carbocycles. The van der Waals surface area contributed by atoms with Crippen molar-refractivity contribution >= 4 is 11.7 Å². The van der Waals surface area contributed by atoms with Gasteiger partial charge in [-0.25, -0.2) is 9.97 Å². The smallest absolute Gasteiger partial charge is 0.340 e. The summed E-state index contributed by atoms with van der Waals surface area (Å²) >= 11 is 0. The molecular formula is C16H20F3N3O2. The Bertz CT molecular complexity index is 598. The van der Waals surface area contributed by atoms with Crippen LogP contribution in [0.2, 0.25) is 0 Å². The molecule has 8 heteroatoms. The summed E-state index contributed by atoms with van der Waals surface area (Å²) in [5, 5.41) is 1.82. The molecule has 1 fully saturated rings. The lowest BCUT2D eigenvalue weighted by molar-refractivity contribution is -0.163. The van der Waals surface area contributed by atoms with Crippen molar-refractivity contribution in [1.82, 2.24) is 15.3 Å². The molecule has 2 rings (SSSR count). The number of carbonyl (C=O) groups excluding carboxylic acids is 2. The number of ketones is 1. The van der Waals surface area contributed by atoms with Crippen molar-refractivity contribution in [3.63, 3.8) is 0 Å². The second kappa shape index (κ2) is 7.72. The molecular weight excluding hydrogens is 323 g/mol. The first-order valence-electron chi connectivity index (χ1n) is 7.97. The summed E-state index contributed by atoms with van der Waals surface area (Å²) in [6, 6.07) is -1.19. The molecule has 1 amide bonds. The molecule has 1 aliphatic rings. The van der Waals surface area contributed by atoms with Gasteiger partial charge in [0.1, 0.15) is 0 Å². The van der Waals surface area contributed by atoms with Gasteiger partial charge in [-0.2, -0.15) is 13.2 Å². The van der Waals surface area contributed by atoms with Crippen LogP contribution in [0, 0.1) is 5.92 Å². The maximum Gasteiger partial charge on any atom is 0.414 e. The number of hydrogen-bond donors (Lipinski definition) is 1. The molecule has 0 radical (unpaired) electrons. The number of nitrogens with zero attached hydrogens (tertiary/aromatic N) is 2. The number of hydrogen-bond acceptors (Lipinski definition) is 4. The molecule has 0 spiro atoms. The van der Waals surface area contributed by atoms with E-state index in [-0.39, 0.29) is 23.9 Å². The van der Waals surface area contributed by atoms with Gasteiger partial charge in [-0.05, 0) is 12.0 Å². The largest absolute Gasteiger partial charge is 0.414 e. The van der Waals surface area contributed by atoms with Gasteiger partial charge < -0.3 is 5.32 Å². The van der Waals surface area contributed by atoms with Crippen LogP contribution in [0.25, 0.3) is 0 Å². The molecule has 132 valence electrons. The first-order valence-corrected chi connectivity index (χ1v) is 7.97. The number of nitrogens with one attached hydrogen (secondary N) is 1. The van der Waals surface area contributed by atoms with Crippen molar-refractivity contribution in [2.24, 2.45) is 5.92 Å². The monoisotopic (exact) mass is 343 g/mol. The fourth-order valence-corrected chi connectivity index (χ4v) is 2.94. The standard InChI is InChI=1S/C16H20F3N3O2/c1-10(23)21-14(16(17,18)19)12-7-8-20-15(22-12)13(24)9-11-5-3-2-4-6-11/h7-8,11,14H,2-6,9H2,1H3,(H,21,23). The molecule has 0 aromatic carbocycles. The Morgan fingerprint density at radius 1 is 1.29 bits per heavy atom. The van der Waals surface area contributed by atoms with Crippen LogP contribution in [0.15, 0.2) is 12.3 Å². The molecule has 0 bridgehead atoms. The van der Waals surface area contributed by atoms with E-state index < -0.39 is 23.8 Å². The zero-order valence-corrected chi connectivity index (χ0v) is 13.4. The Balaban J connectivity index is 2.16. The van der Waals surface area contributed by atoms with E-state index in [0.29, 0.717) is 0 Å². The highest BCUT2D eigenvalue weighted by Gasteiger charge is 2.42. The third-order valence-electron chi connectivity index (χ3n) is 4.10. The van der Waals surface area contributed by atoms with Gasteiger partial charge in [-0.15, -0.1) is 0 Å². The van der Waals surface area contributed by atoms with Crippen LogP contribution in [0.3, 0.4) is 0 Å². The van der Waals surface area contributed by atoms with E-state index in [1.807, 2.05) is 5.32 Å². The van der Waals surface area contributed by atoms with E-state index in [9.17, 15) is 22.8 Å². The first kappa shape index (κ1) is 18.4. The Hall–Kier alpha value is -1.99. The number of carbonyl (C=O) groups is 2. The minimum atomic E-state index is -4.70. The van der Waals surface area contributed by atoms with E-state index >= 15 is 0 Å². The average Bonchev–Trinajstić information content (AvgIpc) is 2.52. The summed E-state index contributed by atoms with van der Waals surface area (Å²) in [7, 11) is 0. The predicted molar refractivity (Wildman–Crippen MR) is 80.2 cm³/mol. The summed E-state index contributed by atoms with van der Waals surface area (Å²) < 4.78 is 39.3. The van der Waals surface area contributed by atoms with E-state index in [4.69, 9.17) is 0 Å². The summed E-state index contributed by atoms with van der Waals surface area (Å²) in [4.78, 5) is 30.9. The van der Waals surface area contributed by atoms with Crippen molar-refractivity contribution in [3.05, 3.63) is 23.8 Å². The lowest BCUT2D eigenvalue weighted by Gasteiger charge is -2.21. The third-order valence-corrected chi connectivity index (χ3v) is 4.10. The normalized spacial score (nSPS) is 17.3. The van der Waals surface area contributed by atoms with Crippen LogP contribution in [0.4, 0.5) is 13.2 Å². The van der Waals surface area contributed by atoms with Crippen molar-refractivity contribution in [2.45, 2.75) is 57.7 Å². The molecule has 1 atom stereocenters. The third kappa shape index (κ3) is 5.01. The fourth-order valence-electron chi connectivity index (χ4n) is 2.94. The summed E-state index contributed by atoms with van der Waals surface area (Å²) in [6.07, 6.45) is 1.85. The highest BCUT2D eigenvalue weighted by molar-refractivity contribution is 5.92. The molecule has 1 heterocycles. The molecule has 0 saturated heterocycles. The number of halogens is 3. The minimum absolute atomic E-state index is 0.224. The zero-order valence-electron chi connectivity index (χ0n) is 13.4. The Kier molecular flexibility index (Phi) is 5.90. The number of amides is 1.